The number of hydrogen-bond donors (Lipinski definition) is 3. The molecule has 4 heteroatoms. The largest absolute Gasteiger partial charge is 0.394 e. The highest BCUT2D eigenvalue weighted by Crippen LogP contribution is 2.15. The molecule has 0 rings (SSSR count). The Bertz CT molecular complexity index is 603. The lowest BCUT2D eigenvalue weighted by Gasteiger charge is -2.19. The summed E-state index contributed by atoms with van der Waals surface area (Å²) in [6, 6.07) is -0.632. The summed E-state index contributed by atoms with van der Waals surface area (Å²) in [5.41, 5.74) is 0. The van der Waals surface area contributed by atoms with Gasteiger partial charge < -0.3 is 15.5 Å². The molecule has 2 atom stereocenters. The van der Waals surface area contributed by atoms with E-state index in [0.717, 1.165) is 32.1 Å². The number of aliphatic hydroxyl groups is 2. The monoisotopic (exact) mass is 592 g/mol. The Hall–Kier alpha value is -1.13. The summed E-state index contributed by atoms with van der Waals surface area (Å²) in [7, 11) is 0. The van der Waals surface area contributed by atoms with Crippen molar-refractivity contribution in [2.24, 2.45) is 0 Å². The van der Waals surface area contributed by atoms with Gasteiger partial charge in [0.05, 0.1) is 18.8 Å². The van der Waals surface area contributed by atoms with Crippen LogP contribution in [0.25, 0.3) is 0 Å². The summed E-state index contributed by atoms with van der Waals surface area (Å²) >= 11 is 0. The standard InChI is InChI=1S/C38H73NO3/c1-3-5-7-9-11-13-15-16-17-18-19-20-21-22-24-26-28-30-32-34-38(42)39-36(35-40)37(41)33-31-29-27-25-23-14-12-10-8-6-4-2/h23,25,31,33,36-37,40-41H,3-22,24,26-30,32,34-35H2,1-2H3,(H,39,42)/b25-23+,33-31+. The molecular weight excluding hydrogens is 518 g/mol. The highest BCUT2D eigenvalue weighted by atomic mass is 16.3. The van der Waals surface area contributed by atoms with Crippen molar-refractivity contribution in [1.82, 2.24) is 5.32 Å². The van der Waals surface area contributed by atoms with Gasteiger partial charge in [0.25, 0.3) is 0 Å². The van der Waals surface area contributed by atoms with Gasteiger partial charge in [-0.2, -0.15) is 0 Å². The first kappa shape index (κ1) is 40.9. The summed E-state index contributed by atoms with van der Waals surface area (Å²) in [5.74, 6) is -0.0738. The third-order valence-electron chi connectivity index (χ3n) is 8.44. The minimum Gasteiger partial charge on any atom is -0.394 e. The second-order valence-corrected chi connectivity index (χ2v) is 12.6. The van der Waals surface area contributed by atoms with Crippen LogP contribution >= 0.6 is 0 Å². The van der Waals surface area contributed by atoms with Crippen molar-refractivity contribution in [3.8, 4) is 0 Å². The SMILES string of the molecule is CCCCCCC/C=C/CC/C=C/C(O)C(CO)NC(=O)CCCCCCCCCCCCCCCCCCCCC. The molecule has 0 fully saturated rings. The Morgan fingerprint density at radius 2 is 0.929 bits per heavy atom. The van der Waals surface area contributed by atoms with Crippen LogP contribution in [-0.2, 0) is 4.79 Å². The molecule has 0 saturated carbocycles. The van der Waals surface area contributed by atoms with E-state index in [1.165, 1.54) is 141 Å². The number of allylic oxidation sites excluding steroid dienone is 3. The Labute approximate surface area is 262 Å². The van der Waals surface area contributed by atoms with Crippen molar-refractivity contribution in [2.45, 2.75) is 206 Å². The Balaban J connectivity index is 3.58. The molecule has 4 nitrogen and oxygen atoms in total. The highest BCUT2D eigenvalue weighted by Gasteiger charge is 2.17. The smallest absolute Gasteiger partial charge is 0.220 e. The van der Waals surface area contributed by atoms with Crippen LogP contribution in [-0.4, -0.2) is 34.9 Å². The minimum absolute atomic E-state index is 0.0738. The van der Waals surface area contributed by atoms with Gasteiger partial charge in [-0.1, -0.05) is 179 Å². The first-order valence-corrected chi connectivity index (χ1v) is 18.6. The van der Waals surface area contributed by atoms with Crippen LogP contribution in [0.3, 0.4) is 0 Å². The average Bonchev–Trinajstić information content (AvgIpc) is 2.99. The van der Waals surface area contributed by atoms with Crippen molar-refractivity contribution >= 4 is 5.91 Å². The maximum absolute atomic E-state index is 12.3. The van der Waals surface area contributed by atoms with Crippen LogP contribution in [0, 0.1) is 0 Å². The van der Waals surface area contributed by atoms with Crippen LogP contribution in [0.4, 0.5) is 0 Å². The lowest BCUT2D eigenvalue weighted by molar-refractivity contribution is -0.123. The van der Waals surface area contributed by atoms with Gasteiger partial charge in [-0.05, 0) is 32.1 Å². The Morgan fingerprint density at radius 1 is 0.548 bits per heavy atom. The molecule has 0 aromatic rings. The molecule has 0 spiro atoms. The van der Waals surface area contributed by atoms with E-state index < -0.39 is 12.1 Å². The zero-order valence-corrected chi connectivity index (χ0v) is 28.3. The van der Waals surface area contributed by atoms with E-state index in [4.69, 9.17) is 0 Å². The third-order valence-corrected chi connectivity index (χ3v) is 8.44. The molecule has 2 unspecified atom stereocenters. The number of rotatable bonds is 33. The third kappa shape index (κ3) is 30.3. The zero-order valence-electron chi connectivity index (χ0n) is 28.3. The van der Waals surface area contributed by atoms with Crippen molar-refractivity contribution < 1.29 is 15.0 Å². The number of unbranched alkanes of at least 4 members (excludes halogenated alkanes) is 24. The maximum atomic E-state index is 12.3. The van der Waals surface area contributed by atoms with Crippen molar-refractivity contribution in [3.05, 3.63) is 24.3 Å². The zero-order chi connectivity index (χ0) is 30.8. The van der Waals surface area contributed by atoms with E-state index >= 15 is 0 Å². The molecule has 0 aliphatic rings. The molecule has 0 aromatic carbocycles. The van der Waals surface area contributed by atoms with E-state index in [1.807, 2.05) is 6.08 Å². The molecule has 0 heterocycles. The van der Waals surface area contributed by atoms with Crippen molar-refractivity contribution in [1.29, 1.82) is 0 Å². The lowest BCUT2D eigenvalue weighted by atomic mass is 10.0. The number of amides is 1. The van der Waals surface area contributed by atoms with Crippen molar-refractivity contribution in [3.63, 3.8) is 0 Å². The number of aliphatic hydroxyl groups excluding tert-OH is 2. The average molecular weight is 592 g/mol. The summed E-state index contributed by atoms with van der Waals surface area (Å²) in [5, 5.41) is 22.8. The second-order valence-electron chi connectivity index (χ2n) is 12.6. The Kier molecular flexibility index (Phi) is 33.4. The van der Waals surface area contributed by atoms with Gasteiger partial charge in [0.15, 0.2) is 0 Å². The fourth-order valence-corrected chi connectivity index (χ4v) is 5.55. The molecular formula is C38H73NO3. The van der Waals surface area contributed by atoms with Gasteiger partial charge in [0, 0.05) is 6.42 Å². The fraction of sp³-hybridized carbons (Fsp3) is 0.868. The number of hydrogen-bond acceptors (Lipinski definition) is 3. The molecule has 0 aliphatic heterocycles. The normalized spacial score (nSPS) is 13.3. The molecule has 1 amide bonds. The number of carbonyl (C=O) groups is 1. The van der Waals surface area contributed by atoms with E-state index in [2.05, 4.69) is 31.3 Å². The van der Waals surface area contributed by atoms with E-state index in [0.29, 0.717) is 6.42 Å². The molecule has 248 valence electrons. The quantitative estimate of drug-likeness (QED) is 0.0525. The molecule has 0 aromatic heterocycles. The van der Waals surface area contributed by atoms with Gasteiger partial charge in [-0.25, -0.2) is 0 Å². The summed E-state index contributed by atoms with van der Waals surface area (Å²) in [4.78, 5) is 12.3. The molecule has 0 bridgehead atoms. The summed E-state index contributed by atoms with van der Waals surface area (Å²) in [6.45, 7) is 4.27. The predicted molar refractivity (Wildman–Crippen MR) is 184 cm³/mol. The first-order chi connectivity index (χ1) is 20.7. The van der Waals surface area contributed by atoms with Gasteiger partial charge in [-0.3, -0.25) is 4.79 Å². The van der Waals surface area contributed by atoms with Gasteiger partial charge >= 0.3 is 0 Å². The van der Waals surface area contributed by atoms with Crippen LogP contribution in [0.15, 0.2) is 24.3 Å². The van der Waals surface area contributed by atoms with Gasteiger partial charge in [0.1, 0.15) is 0 Å². The Morgan fingerprint density at radius 3 is 1.38 bits per heavy atom. The molecule has 0 saturated heterocycles. The number of nitrogens with one attached hydrogen (secondary N) is 1. The van der Waals surface area contributed by atoms with E-state index in [1.54, 1.807) is 6.08 Å². The molecule has 0 radical (unpaired) electrons. The summed E-state index contributed by atoms with van der Waals surface area (Å²) in [6.07, 6.45) is 42.7. The molecule has 42 heavy (non-hydrogen) atoms. The topological polar surface area (TPSA) is 69.6 Å². The van der Waals surface area contributed by atoms with Crippen LogP contribution in [0.5, 0.6) is 0 Å². The van der Waals surface area contributed by atoms with E-state index in [9.17, 15) is 15.0 Å². The van der Waals surface area contributed by atoms with Crippen LogP contribution in [0.1, 0.15) is 194 Å². The van der Waals surface area contributed by atoms with E-state index in [-0.39, 0.29) is 12.5 Å². The highest BCUT2D eigenvalue weighted by molar-refractivity contribution is 5.76. The van der Waals surface area contributed by atoms with Crippen LogP contribution in [0.2, 0.25) is 0 Å². The minimum atomic E-state index is -0.855. The molecule has 0 aliphatic carbocycles. The predicted octanol–water partition coefficient (Wildman–Crippen LogP) is 10.9. The van der Waals surface area contributed by atoms with Crippen molar-refractivity contribution in [2.75, 3.05) is 6.61 Å². The summed E-state index contributed by atoms with van der Waals surface area (Å²) < 4.78 is 0. The first-order valence-electron chi connectivity index (χ1n) is 18.6. The van der Waals surface area contributed by atoms with Gasteiger partial charge in [-0.15, -0.1) is 0 Å². The maximum Gasteiger partial charge on any atom is 0.220 e. The number of carbonyl (C=O) groups excluding carboxylic acids is 1. The fourth-order valence-electron chi connectivity index (χ4n) is 5.55. The van der Waals surface area contributed by atoms with Gasteiger partial charge in [0.2, 0.25) is 5.91 Å². The van der Waals surface area contributed by atoms with Crippen LogP contribution < -0.4 is 5.32 Å². The second kappa shape index (κ2) is 34.4. The lowest BCUT2D eigenvalue weighted by Crippen LogP contribution is -2.45. The molecule has 3 N–H and O–H groups in total.